The van der Waals surface area contributed by atoms with Gasteiger partial charge in [-0.2, -0.15) is 0 Å². The molecule has 290 valence electrons. The standard InChI is InChI=1S/C55H50N4/c1-35-29-37(3)53(38(4)30-35)41-17-15-19-43(33-41)56-49-25-11-13-27-51(49)58-55(47-23-9-7-21-45(47)46-22-8-10-24-48(46)55)59-52-28-14-12-26-50(52)57-44-20-16-18-42(34-44)54-39(5)31-36(2)32-40(54)6/h7-34,56-59H,1-6H3. The van der Waals surface area contributed by atoms with Crippen LogP contribution in [-0.2, 0) is 5.66 Å². The highest BCUT2D eigenvalue weighted by atomic mass is 15.2. The Bertz CT molecular complexity index is 2630. The first-order valence-corrected chi connectivity index (χ1v) is 20.5. The number of para-hydroxylation sites is 4. The first-order valence-electron chi connectivity index (χ1n) is 20.5. The second-order valence-corrected chi connectivity index (χ2v) is 16.1. The van der Waals surface area contributed by atoms with Crippen molar-refractivity contribution >= 4 is 34.1 Å². The molecule has 1 aliphatic carbocycles. The molecule has 8 aromatic rings. The van der Waals surface area contributed by atoms with Gasteiger partial charge in [0.1, 0.15) is 0 Å². The Hall–Kier alpha value is -7.04. The zero-order valence-electron chi connectivity index (χ0n) is 34.7. The van der Waals surface area contributed by atoms with Gasteiger partial charge in [0.25, 0.3) is 0 Å². The molecular weight excluding hydrogens is 717 g/mol. The predicted octanol–water partition coefficient (Wildman–Crippen LogP) is 14.8. The summed E-state index contributed by atoms with van der Waals surface area (Å²) in [6.45, 7) is 13.1. The highest BCUT2D eigenvalue weighted by Crippen LogP contribution is 2.51. The smallest absolute Gasteiger partial charge is 0.162 e. The van der Waals surface area contributed by atoms with Crippen molar-refractivity contribution in [1.29, 1.82) is 0 Å². The van der Waals surface area contributed by atoms with Crippen LogP contribution in [0.25, 0.3) is 33.4 Å². The summed E-state index contributed by atoms with van der Waals surface area (Å²) >= 11 is 0. The summed E-state index contributed by atoms with van der Waals surface area (Å²) in [5.74, 6) is 0. The van der Waals surface area contributed by atoms with E-state index in [1.165, 1.54) is 66.8 Å². The topological polar surface area (TPSA) is 48.1 Å². The molecule has 1 aliphatic rings. The van der Waals surface area contributed by atoms with Crippen LogP contribution in [0.15, 0.2) is 170 Å². The quantitative estimate of drug-likeness (QED) is 0.105. The molecule has 0 radical (unpaired) electrons. The molecule has 0 saturated heterocycles. The minimum absolute atomic E-state index is 0.821. The van der Waals surface area contributed by atoms with Gasteiger partial charge in [0.15, 0.2) is 5.66 Å². The van der Waals surface area contributed by atoms with E-state index in [-0.39, 0.29) is 0 Å². The van der Waals surface area contributed by atoms with E-state index in [0.717, 1.165) is 45.3 Å². The van der Waals surface area contributed by atoms with Gasteiger partial charge in [-0.1, -0.05) is 132 Å². The van der Waals surface area contributed by atoms with Gasteiger partial charge in [0, 0.05) is 22.5 Å². The van der Waals surface area contributed by atoms with E-state index in [9.17, 15) is 0 Å². The van der Waals surface area contributed by atoms with E-state index < -0.39 is 5.66 Å². The fourth-order valence-electron chi connectivity index (χ4n) is 9.43. The van der Waals surface area contributed by atoms with E-state index in [0.29, 0.717) is 0 Å². The molecule has 0 amide bonds. The van der Waals surface area contributed by atoms with Crippen LogP contribution in [0.4, 0.5) is 34.1 Å². The number of hydrogen-bond donors (Lipinski definition) is 4. The molecule has 0 fully saturated rings. The van der Waals surface area contributed by atoms with Crippen molar-refractivity contribution in [3.63, 3.8) is 0 Å². The maximum atomic E-state index is 4.11. The average molecular weight is 767 g/mol. The van der Waals surface area contributed by atoms with Crippen molar-refractivity contribution in [2.75, 3.05) is 21.3 Å². The van der Waals surface area contributed by atoms with Crippen molar-refractivity contribution in [2.45, 2.75) is 47.2 Å². The summed E-state index contributed by atoms with van der Waals surface area (Å²) in [7, 11) is 0. The van der Waals surface area contributed by atoms with Crippen LogP contribution < -0.4 is 21.3 Å². The predicted molar refractivity (Wildman–Crippen MR) is 252 cm³/mol. The summed E-state index contributed by atoms with van der Waals surface area (Å²) in [6, 6.07) is 61.1. The van der Waals surface area contributed by atoms with Gasteiger partial charge in [-0.05, 0) is 146 Å². The molecule has 8 aromatic carbocycles. The zero-order valence-corrected chi connectivity index (χ0v) is 34.7. The maximum absolute atomic E-state index is 4.11. The number of anilines is 6. The first kappa shape index (κ1) is 37.5. The molecule has 59 heavy (non-hydrogen) atoms. The van der Waals surface area contributed by atoms with Crippen LogP contribution >= 0.6 is 0 Å². The fourth-order valence-corrected chi connectivity index (χ4v) is 9.43. The minimum atomic E-state index is -0.821. The molecule has 0 unspecified atom stereocenters. The van der Waals surface area contributed by atoms with Gasteiger partial charge in [-0.15, -0.1) is 0 Å². The third-order valence-electron chi connectivity index (χ3n) is 11.7. The third-order valence-corrected chi connectivity index (χ3v) is 11.7. The summed E-state index contributed by atoms with van der Waals surface area (Å²) in [5, 5.41) is 15.8. The van der Waals surface area contributed by atoms with Crippen LogP contribution in [0.5, 0.6) is 0 Å². The molecule has 0 heterocycles. The summed E-state index contributed by atoms with van der Waals surface area (Å²) < 4.78 is 0. The number of aryl methyl sites for hydroxylation is 6. The lowest BCUT2D eigenvalue weighted by molar-refractivity contribution is 0.700. The van der Waals surface area contributed by atoms with E-state index in [1.54, 1.807) is 0 Å². The monoisotopic (exact) mass is 766 g/mol. The molecule has 0 aliphatic heterocycles. The van der Waals surface area contributed by atoms with E-state index >= 15 is 0 Å². The summed E-state index contributed by atoms with van der Waals surface area (Å²) in [6.07, 6.45) is 0. The molecule has 0 saturated carbocycles. The molecule has 4 N–H and O–H groups in total. The fraction of sp³-hybridized carbons (Fsp3) is 0.127. The van der Waals surface area contributed by atoms with Gasteiger partial charge in [-0.25, -0.2) is 0 Å². The molecule has 4 nitrogen and oxygen atoms in total. The van der Waals surface area contributed by atoms with Crippen LogP contribution in [0, 0.1) is 41.5 Å². The van der Waals surface area contributed by atoms with E-state index in [1.807, 2.05) is 0 Å². The third kappa shape index (κ3) is 7.12. The Morgan fingerprint density at radius 1 is 0.339 bits per heavy atom. The second-order valence-electron chi connectivity index (χ2n) is 16.1. The van der Waals surface area contributed by atoms with Crippen LogP contribution in [0.2, 0.25) is 0 Å². The van der Waals surface area contributed by atoms with E-state index in [4.69, 9.17) is 0 Å². The number of benzene rings is 8. The minimum Gasteiger partial charge on any atom is -0.354 e. The van der Waals surface area contributed by atoms with Crippen LogP contribution in [-0.4, -0.2) is 0 Å². The molecule has 0 spiro atoms. The Morgan fingerprint density at radius 2 is 0.695 bits per heavy atom. The molecule has 4 heteroatoms. The average Bonchev–Trinajstić information content (AvgIpc) is 3.48. The molecule has 9 rings (SSSR count). The van der Waals surface area contributed by atoms with Crippen LogP contribution in [0.1, 0.15) is 44.5 Å². The largest absolute Gasteiger partial charge is 0.354 e. The first-order chi connectivity index (χ1) is 28.7. The Kier molecular flexibility index (Phi) is 9.78. The van der Waals surface area contributed by atoms with Crippen molar-refractivity contribution in [3.05, 3.63) is 214 Å². The second kappa shape index (κ2) is 15.4. The number of fused-ring (bicyclic) bond motifs is 3. The normalized spacial score (nSPS) is 12.4. The summed E-state index contributed by atoms with van der Waals surface area (Å²) in [5.41, 5.74) is 22.5. The van der Waals surface area contributed by atoms with Gasteiger partial charge in [0.05, 0.1) is 22.7 Å². The Labute approximate surface area is 349 Å². The van der Waals surface area contributed by atoms with Gasteiger partial charge < -0.3 is 21.3 Å². The Morgan fingerprint density at radius 3 is 1.10 bits per heavy atom. The number of nitrogens with one attached hydrogen (secondary N) is 4. The van der Waals surface area contributed by atoms with E-state index in [2.05, 4.69) is 233 Å². The van der Waals surface area contributed by atoms with Gasteiger partial charge in [0.2, 0.25) is 0 Å². The molecular formula is C55H50N4. The zero-order chi connectivity index (χ0) is 40.7. The van der Waals surface area contributed by atoms with Crippen molar-refractivity contribution in [3.8, 4) is 33.4 Å². The lowest BCUT2D eigenvalue weighted by atomic mass is 9.93. The molecule has 0 aromatic heterocycles. The van der Waals surface area contributed by atoms with Crippen LogP contribution in [0.3, 0.4) is 0 Å². The Balaban J connectivity index is 1.11. The maximum Gasteiger partial charge on any atom is 0.162 e. The lowest BCUT2D eigenvalue weighted by Gasteiger charge is -2.37. The lowest BCUT2D eigenvalue weighted by Crippen LogP contribution is -2.43. The van der Waals surface area contributed by atoms with Gasteiger partial charge >= 0.3 is 0 Å². The molecule has 0 bridgehead atoms. The van der Waals surface area contributed by atoms with Crippen molar-refractivity contribution < 1.29 is 0 Å². The van der Waals surface area contributed by atoms with Gasteiger partial charge in [-0.3, -0.25) is 0 Å². The SMILES string of the molecule is Cc1cc(C)c(-c2cccc(Nc3ccccc3NC3(Nc4ccccc4Nc4cccc(-c5c(C)cc(C)cc5C)c4)c4ccccc4-c4ccccc43)c2)c(C)c1. The van der Waals surface area contributed by atoms with Crippen molar-refractivity contribution in [2.24, 2.45) is 0 Å². The number of rotatable bonds is 10. The highest BCUT2D eigenvalue weighted by Gasteiger charge is 2.44. The number of hydrogen-bond acceptors (Lipinski definition) is 4. The molecule has 0 atom stereocenters. The highest BCUT2D eigenvalue weighted by molar-refractivity contribution is 5.89. The van der Waals surface area contributed by atoms with Crippen molar-refractivity contribution in [1.82, 2.24) is 0 Å². The summed E-state index contributed by atoms with van der Waals surface area (Å²) in [4.78, 5) is 0.